The third-order valence-electron chi connectivity index (χ3n) is 2.57. The van der Waals surface area contributed by atoms with E-state index < -0.39 is 0 Å². The Bertz CT molecular complexity index is 364. The van der Waals surface area contributed by atoms with E-state index in [4.69, 9.17) is 5.11 Å². The number of hydrogen-bond donors (Lipinski definition) is 2. The van der Waals surface area contributed by atoms with Crippen LogP contribution < -0.4 is 5.32 Å². The average molecular weight is 222 g/mol. The second kappa shape index (κ2) is 5.61. The zero-order chi connectivity index (χ0) is 12.1. The van der Waals surface area contributed by atoms with Crippen molar-refractivity contribution in [3.8, 4) is 0 Å². The Kier molecular flexibility index (Phi) is 4.43. The molecule has 0 aliphatic carbocycles. The van der Waals surface area contributed by atoms with Crippen molar-refractivity contribution in [1.29, 1.82) is 0 Å². The van der Waals surface area contributed by atoms with Gasteiger partial charge in [-0.1, -0.05) is 13.8 Å². The first-order chi connectivity index (χ1) is 7.56. The number of carbonyl (C=O) groups excluding carboxylic acids is 1. The maximum absolute atomic E-state index is 11.9. The van der Waals surface area contributed by atoms with Gasteiger partial charge in [0.05, 0.1) is 18.2 Å². The Balaban J connectivity index is 2.76. The number of pyridine rings is 1. The maximum atomic E-state index is 11.9. The van der Waals surface area contributed by atoms with Crippen molar-refractivity contribution >= 4 is 5.91 Å². The molecule has 0 saturated carbocycles. The van der Waals surface area contributed by atoms with Crippen molar-refractivity contribution in [3.63, 3.8) is 0 Å². The van der Waals surface area contributed by atoms with E-state index in [-0.39, 0.29) is 24.5 Å². The minimum absolute atomic E-state index is 0.0529. The minimum atomic E-state index is -0.216. The molecule has 0 aliphatic rings. The molecule has 1 rings (SSSR count). The smallest absolute Gasteiger partial charge is 0.253 e. The lowest BCUT2D eigenvalue weighted by molar-refractivity contribution is 0.0896. The first-order valence-electron chi connectivity index (χ1n) is 5.39. The first kappa shape index (κ1) is 12.6. The predicted octanol–water partition coefficient (Wildman–Crippen LogP) is 1.14. The second-order valence-electron chi connectivity index (χ2n) is 4.14. The molecule has 0 spiro atoms. The van der Waals surface area contributed by atoms with Crippen LogP contribution in [0.3, 0.4) is 0 Å². The van der Waals surface area contributed by atoms with E-state index in [1.54, 1.807) is 25.3 Å². The Labute approximate surface area is 95.7 Å². The highest BCUT2D eigenvalue weighted by atomic mass is 16.3. The number of nitrogens with one attached hydrogen (secondary N) is 1. The van der Waals surface area contributed by atoms with Gasteiger partial charge in [-0.25, -0.2) is 0 Å². The molecule has 4 heteroatoms. The molecule has 2 N–H and O–H groups in total. The normalized spacial score (nSPS) is 12.6. The summed E-state index contributed by atoms with van der Waals surface area (Å²) in [5.41, 5.74) is 1.25. The fourth-order valence-electron chi connectivity index (χ4n) is 1.39. The zero-order valence-corrected chi connectivity index (χ0v) is 9.90. The molecule has 0 fully saturated rings. The van der Waals surface area contributed by atoms with E-state index in [0.717, 1.165) is 0 Å². The van der Waals surface area contributed by atoms with Crippen molar-refractivity contribution in [2.24, 2.45) is 5.92 Å². The maximum Gasteiger partial charge on any atom is 0.253 e. The standard InChI is InChI=1S/C12H18N2O2/c1-8(2)11(7-15)14-12(16)10-5-4-6-13-9(10)3/h4-6,8,11,15H,7H2,1-3H3,(H,14,16). The molecule has 0 radical (unpaired) electrons. The molecule has 0 aliphatic heterocycles. The predicted molar refractivity (Wildman–Crippen MR) is 62.2 cm³/mol. The summed E-state index contributed by atoms with van der Waals surface area (Å²) in [4.78, 5) is 15.9. The van der Waals surface area contributed by atoms with E-state index in [0.29, 0.717) is 11.3 Å². The van der Waals surface area contributed by atoms with Gasteiger partial charge in [0, 0.05) is 11.9 Å². The van der Waals surface area contributed by atoms with Crippen LogP contribution in [0.4, 0.5) is 0 Å². The van der Waals surface area contributed by atoms with Crippen LogP contribution in [-0.2, 0) is 0 Å². The third-order valence-corrected chi connectivity index (χ3v) is 2.57. The van der Waals surface area contributed by atoms with E-state index in [9.17, 15) is 4.79 Å². The monoisotopic (exact) mass is 222 g/mol. The summed E-state index contributed by atoms with van der Waals surface area (Å²) in [7, 11) is 0. The number of aliphatic hydroxyl groups excluding tert-OH is 1. The van der Waals surface area contributed by atoms with Gasteiger partial charge in [0.2, 0.25) is 0 Å². The highest BCUT2D eigenvalue weighted by molar-refractivity contribution is 5.95. The van der Waals surface area contributed by atoms with Crippen LogP contribution >= 0.6 is 0 Å². The molecule has 1 aromatic rings. The van der Waals surface area contributed by atoms with Crippen molar-refractivity contribution in [1.82, 2.24) is 10.3 Å². The van der Waals surface area contributed by atoms with Crippen molar-refractivity contribution in [3.05, 3.63) is 29.6 Å². The summed E-state index contributed by atoms with van der Waals surface area (Å²) < 4.78 is 0. The van der Waals surface area contributed by atoms with Gasteiger partial charge in [-0.05, 0) is 25.0 Å². The highest BCUT2D eigenvalue weighted by Gasteiger charge is 2.17. The molecular weight excluding hydrogens is 204 g/mol. The molecule has 1 amide bonds. The van der Waals surface area contributed by atoms with Crippen molar-refractivity contribution < 1.29 is 9.90 Å². The molecule has 16 heavy (non-hydrogen) atoms. The van der Waals surface area contributed by atoms with E-state index in [2.05, 4.69) is 10.3 Å². The van der Waals surface area contributed by atoms with Crippen LogP contribution in [0.15, 0.2) is 18.3 Å². The van der Waals surface area contributed by atoms with Crippen LogP contribution in [0.2, 0.25) is 0 Å². The summed E-state index contributed by atoms with van der Waals surface area (Å²) in [5.74, 6) is 0.0178. The Hall–Kier alpha value is -1.42. The lowest BCUT2D eigenvalue weighted by Crippen LogP contribution is -2.41. The molecular formula is C12H18N2O2. The number of aromatic nitrogens is 1. The van der Waals surface area contributed by atoms with Gasteiger partial charge in [-0.2, -0.15) is 0 Å². The summed E-state index contributed by atoms with van der Waals surface area (Å²) in [5, 5.41) is 11.9. The summed E-state index contributed by atoms with van der Waals surface area (Å²) in [6.07, 6.45) is 1.65. The van der Waals surface area contributed by atoms with Gasteiger partial charge in [-0.15, -0.1) is 0 Å². The number of aliphatic hydroxyl groups is 1. The molecule has 1 aromatic heterocycles. The van der Waals surface area contributed by atoms with E-state index in [1.807, 2.05) is 13.8 Å². The number of hydrogen-bond acceptors (Lipinski definition) is 3. The number of aryl methyl sites for hydroxylation is 1. The van der Waals surface area contributed by atoms with Gasteiger partial charge in [0.25, 0.3) is 5.91 Å². The molecule has 0 saturated heterocycles. The topological polar surface area (TPSA) is 62.2 Å². The summed E-state index contributed by atoms with van der Waals surface area (Å²) >= 11 is 0. The molecule has 1 unspecified atom stereocenters. The van der Waals surface area contributed by atoms with Crippen molar-refractivity contribution in [2.45, 2.75) is 26.8 Å². The molecule has 4 nitrogen and oxygen atoms in total. The Morgan fingerprint density at radius 1 is 1.56 bits per heavy atom. The molecule has 1 heterocycles. The first-order valence-corrected chi connectivity index (χ1v) is 5.39. The second-order valence-corrected chi connectivity index (χ2v) is 4.14. The Morgan fingerprint density at radius 3 is 2.75 bits per heavy atom. The molecule has 88 valence electrons. The molecule has 0 bridgehead atoms. The van der Waals surface area contributed by atoms with Crippen LogP contribution in [0, 0.1) is 12.8 Å². The highest BCUT2D eigenvalue weighted by Crippen LogP contribution is 2.06. The quantitative estimate of drug-likeness (QED) is 0.803. The minimum Gasteiger partial charge on any atom is -0.394 e. The third kappa shape index (κ3) is 3.03. The van der Waals surface area contributed by atoms with E-state index in [1.165, 1.54) is 0 Å². The fourth-order valence-corrected chi connectivity index (χ4v) is 1.39. The van der Waals surface area contributed by atoms with Gasteiger partial charge in [-0.3, -0.25) is 9.78 Å². The fraction of sp³-hybridized carbons (Fsp3) is 0.500. The molecule has 1 atom stereocenters. The van der Waals surface area contributed by atoms with Crippen LogP contribution in [-0.4, -0.2) is 28.6 Å². The lowest BCUT2D eigenvalue weighted by atomic mass is 10.0. The SMILES string of the molecule is Cc1ncccc1C(=O)NC(CO)C(C)C. The van der Waals surface area contributed by atoms with Gasteiger partial charge < -0.3 is 10.4 Å². The van der Waals surface area contributed by atoms with Crippen molar-refractivity contribution in [2.75, 3.05) is 6.61 Å². The van der Waals surface area contributed by atoms with E-state index >= 15 is 0 Å². The number of amides is 1. The number of nitrogens with zero attached hydrogens (tertiary/aromatic N) is 1. The van der Waals surface area contributed by atoms with Crippen LogP contribution in [0.5, 0.6) is 0 Å². The van der Waals surface area contributed by atoms with Crippen LogP contribution in [0.25, 0.3) is 0 Å². The van der Waals surface area contributed by atoms with Gasteiger partial charge in [0.15, 0.2) is 0 Å². The van der Waals surface area contributed by atoms with Crippen LogP contribution in [0.1, 0.15) is 29.9 Å². The summed E-state index contributed by atoms with van der Waals surface area (Å²) in [6.45, 7) is 5.65. The van der Waals surface area contributed by atoms with Gasteiger partial charge in [0.1, 0.15) is 0 Å². The Morgan fingerprint density at radius 2 is 2.25 bits per heavy atom. The van der Waals surface area contributed by atoms with Gasteiger partial charge >= 0.3 is 0 Å². The summed E-state index contributed by atoms with van der Waals surface area (Å²) in [6, 6.07) is 3.24. The zero-order valence-electron chi connectivity index (χ0n) is 9.90. The molecule has 0 aromatic carbocycles. The average Bonchev–Trinajstić information content (AvgIpc) is 2.25. The number of carbonyl (C=O) groups is 1. The largest absolute Gasteiger partial charge is 0.394 e. The number of rotatable bonds is 4. The lowest BCUT2D eigenvalue weighted by Gasteiger charge is -2.20.